The average molecular weight is 306 g/mol. The molecule has 2 aromatic carbocycles. The van der Waals surface area contributed by atoms with Crippen LogP contribution in [-0.4, -0.2) is 10.9 Å². The molecule has 0 atom stereocenters. The maximum absolute atomic E-state index is 5.45. The fourth-order valence-electron chi connectivity index (χ4n) is 2.16. The molecule has 0 spiro atoms. The summed E-state index contributed by atoms with van der Waals surface area (Å²) in [7, 11) is 0. The van der Waals surface area contributed by atoms with Gasteiger partial charge in [-0.3, -0.25) is 0 Å². The van der Waals surface area contributed by atoms with Crippen LogP contribution < -0.4 is 0 Å². The predicted molar refractivity (Wildman–Crippen MR) is 90.9 cm³/mol. The summed E-state index contributed by atoms with van der Waals surface area (Å²) in [6.07, 6.45) is 0. The fourth-order valence-corrected chi connectivity index (χ4v) is 2.16. The molecule has 0 unspecified atom stereocenters. The first-order valence-corrected chi connectivity index (χ1v) is 7.47. The number of hydrogen-bond donors (Lipinski definition) is 0. The highest BCUT2D eigenvalue weighted by Crippen LogP contribution is 2.26. The van der Waals surface area contributed by atoms with Gasteiger partial charge in [0.15, 0.2) is 5.76 Å². The van der Waals surface area contributed by atoms with Gasteiger partial charge in [-0.25, -0.2) is 0 Å². The molecule has 0 aliphatic rings. The normalized spacial score (nSPS) is 10.3. The number of oxime groups is 1. The highest BCUT2D eigenvalue weighted by atomic mass is 16.6. The van der Waals surface area contributed by atoms with Crippen molar-refractivity contribution in [2.24, 2.45) is 5.16 Å². The summed E-state index contributed by atoms with van der Waals surface area (Å²) in [5, 5.41) is 8.06. The summed E-state index contributed by atoms with van der Waals surface area (Å²) >= 11 is 0. The SMILES string of the molecule is CC(C)=NOCc1ccc(-c2cc(-c3ccccc3)no2)cc1. The minimum Gasteiger partial charge on any atom is -0.391 e. The van der Waals surface area contributed by atoms with Gasteiger partial charge in [0.05, 0.1) is 5.71 Å². The number of benzene rings is 2. The van der Waals surface area contributed by atoms with Crippen LogP contribution in [0.15, 0.2) is 70.3 Å². The van der Waals surface area contributed by atoms with Crippen molar-refractivity contribution in [3.05, 3.63) is 66.2 Å². The van der Waals surface area contributed by atoms with E-state index in [4.69, 9.17) is 9.36 Å². The van der Waals surface area contributed by atoms with Crippen molar-refractivity contribution >= 4 is 5.71 Å². The van der Waals surface area contributed by atoms with Gasteiger partial charge >= 0.3 is 0 Å². The standard InChI is InChI=1S/C19H18N2O2/c1-14(2)20-22-13-15-8-10-17(11-9-15)19-12-18(21-23-19)16-6-4-3-5-7-16/h3-12H,13H2,1-2H3. The molecule has 0 amide bonds. The van der Waals surface area contributed by atoms with Crippen LogP contribution >= 0.6 is 0 Å². The number of aromatic nitrogens is 1. The van der Waals surface area contributed by atoms with Gasteiger partial charge < -0.3 is 9.36 Å². The second-order valence-corrected chi connectivity index (χ2v) is 5.45. The molecular weight excluding hydrogens is 288 g/mol. The zero-order chi connectivity index (χ0) is 16.1. The minimum absolute atomic E-state index is 0.455. The van der Waals surface area contributed by atoms with Crippen LogP contribution in [0, 0.1) is 0 Å². The highest BCUT2D eigenvalue weighted by molar-refractivity contribution is 5.78. The summed E-state index contributed by atoms with van der Waals surface area (Å²) in [4.78, 5) is 5.24. The predicted octanol–water partition coefficient (Wildman–Crippen LogP) is 4.92. The van der Waals surface area contributed by atoms with E-state index in [1.165, 1.54) is 0 Å². The molecule has 0 fully saturated rings. The average Bonchev–Trinajstić information content (AvgIpc) is 3.06. The van der Waals surface area contributed by atoms with Gasteiger partial charge in [-0.05, 0) is 19.4 Å². The lowest BCUT2D eigenvalue weighted by Crippen LogP contribution is -1.89. The van der Waals surface area contributed by atoms with Crippen molar-refractivity contribution in [3.63, 3.8) is 0 Å². The lowest BCUT2D eigenvalue weighted by atomic mass is 10.1. The smallest absolute Gasteiger partial charge is 0.167 e. The molecule has 1 aromatic heterocycles. The van der Waals surface area contributed by atoms with Crippen LogP contribution in [-0.2, 0) is 11.4 Å². The summed E-state index contributed by atoms with van der Waals surface area (Å²) in [6.45, 7) is 4.26. The zero-order valence-corrected chi connectivity index (χ0v) is 13.2. The van der Waals surface area contributed by atoms with E-state index in [2.05, 4.69) is 10.3 Å². The molecule has 0 aliphatic heterocycles. The van der Waals surface area contributed by atoms with E-state index in [0.717, 1.165) is 33.9 Å². The topological polar surface area (TPSA) is 47.6 Å². The lowest BCUT2D eigenvalue weighted by molar-refractivity contribution is 0.130. The molecule has 0 saturated heterocycles. The minimum atomic E-state index is 0.455. The molecule has 0 radical (unpaired) electrons. The van der Waals surface area contributed by atoms with Crippen LogP contribution in [0.5, 0.6) is 0 Å². The Morgan fingerprint density at radius 2 is 1.74 bits per heavy atom. The quantitative estimate of drug-likeness (QED) is 0.496. The maximum Gasteiger partial charge on any atom is 0.167 e. The highest BCUT2D eigenvalue weighted by Gasteiger charge is 2.08. The summed E-state index contributed by atoms with van der Waals surface area (Å²) in [5.41, 5.74) is 4.82. The molecular formula is C19H18N2O2. The van der Waals surface area contributed by atoms with Gasteiger partial charge in [-0.15, -0.1) is 0 Å². The Morgan fingerprint density at radius 1 is 1.00 bits per heavy atom. The second kappa shape index (κ2) is 6.92. The van der Waals surface area contributed by atoms with Gasteiger partial charge in [-0.1, -0.05) is 64.9 Å². The van der Waals surface area contributed by atoms with Crippen LogP contribution in [0.4, 0.5) is 0 Å². The number of hydrogen-bond acceptors (Lipinski definition) is 4. The summed E-state index contributed by atoms with van der Waals surface area (Å²) in [5.74, 6) is 0.749. The third kappa shape index (κ3) is 3.86. The van der Waals surface area contributed by atoms with Gasteiger partial charge in [0.25, 0.3) is 0 Å². The van der Waals surface area contributed by atoms with E-state index in [1.54, 1.807) is 0 Å². The molecule has 0 aliphatic carbocycles. The molecule has 23 heavy (non-hydrogen) atoms. The van der Waals surface area contributed by atoms with Gasteiger partial charge in [0.2, 0.25) is 0 Å². The Morgan fingerprint density at radius 3 is 2.43 bits per heavy atom. The monoisotopic (exact) mass is 306 g/mol. The molecule has 0 N–H and O–H groups in total. The van der Waals surface area contributed by atoms with Crippen molar-refractivity contribution in [2.75, 3.05) is 0 Å². The molecule has 3 rings (SSSR count). The summed E-state index contributed by atoms with van der Waals surface area (Å²) in [6, 6.07) is 19.9. The van der Waals surface area contributed by atoms with Crippen molar-refractivity contribution < 1.29 is 9.36 Å². The van der Waals surface area contributed by atoms with E-state index in [0.29, 0.717) is 6.61 Å². The maximum atomic E-state index is 5.45. The van der Waals surface area contributed by atoms with E-state index in [1.807, 2.05) is 74.5 Å². The molecule has 1 heterocycles. The third-order valence-corrected chi connectivity index (χ3v) is 3.30. The Labute approximate surface area is 135 Å². The Hall–Kier alpha value is -2.88. The largest absolute Gasteiger partial charge is 0.391 e. The first-order valence-electron chi connectivity index (χ1n) is 7.47. The number of rotatable bonds is 5. The number of nitrogens with zero attached hydrogens (tertiary/aromatic N) is 2. The van der Waals surface area contributed by atoms with Crippen molar-refractivity contribution in [3.8, 4) is 22.6 Å². The Bertz CT molecular complexity index is 786. The van der Waals surface area contributed by atoms with Crippen LogP contribution in [0.2, 0.25) is 0 Å². The lowest BCUT2D eigenvalue weighted by Gasteiger charge is -2.01. The molecule has 3 aromatic rings. The molecule has 0 saturated carbocycles. The van der Waals surface area contributed by atoms with Crippen molar-refractivity contribution in [1.82, 2.24) is 5.16 Å². The van der Waals surface area contributed by atoms with Gasteiger partial charge in [0, 0.05) is 17.2 Å². The first kappa shape index (κ1) is 15.0. The van der Waals surface area contributed by atoms with Crippen molar-refractivity contribution in [1.29, 1.82) is 0 Å². The first-order chi connectivity index (χ1) is 11.2. The Kier molecular flexibility index (Phi) is 4.52. The molecule has 116 valence electrons. The second-order valence-electron chi connectivity index (χ2n) is 5.45. The summed E-state index contributed by atoms with van der Waals surface area (Å²) < 4.78 is 5.45. The van der Waals surface area contributed by atoms with E-state index in [-0.39, 0.29) is 0 Å². The Balaban J connectivity index is 1.73. The van der Waals surface area contributed by atoms with E-state index in [9.17, 15) is 0 Å². The zero-order valence-electron chi connectivity index (χ0n) is 13.2. The van der Waals surface area contributed by atoms with Crippen LogP contribution in [0.1, 0.15) is 19.4 Å². The van der Waals surface area contributed by atoms with Crippen LogP contribution in [0.3, 0.4) is 0 Å². The molecule has 0 bridgehead atoms. The van der Waals surface area contributed by atoms with Gasteiger partial charge in [-0.2, -0.15) is 0 Å². The van der Waals surface area contributed by atoms with E-state index < -0.39 is 0 Å². The third-order valence-electron chi connectivity index (χ3n) is 3.30. The van der Waals surface area contributed by atoms with E-state index >= 15 is 0 Å². The van der Waals surface area contributed by atoms with Crippen molar-refractivity contribution in [2.45, 2.75) is 20.5 Å². The molecule has 4 heteroatoms. The molecule has 4 nitrogen and oxygen atoms in total. The van der Waals surface area contributed by atoms with Gasteiger partial charge in [0.1, 0.15) is 12.3 Å². The fraction of sp³-hybridized carbons (Fsp3) is 0.158. The van der Waals surface area contributed by atoms with Crippen LogP contribution in [0.25, 0.3) is 22.6 Å².